The molecule has 3 aliphatic rings. The molecule has 6 rings (SSSR count). The number of amides is 1. The van der Waals surface area contributed by atoms with Crippen LogP contribution in [-0.4, -0.2) is 92.9 Å². The standard InChI is InChI=1S/C37H46N5O13PS/c1-5-15-49-37(48)54-27-16-30(41-18-22(3)32(43)38-35(41)46)53-29(27)21-51-56(57,50-20-25-13-10-14-40(25)34(45)24-11-8-7-9-12-24)55-28-17-31(52-26(28)6-2)42-19-23(4)33(44)39-36(42)47/h5,7-9,11-12,18-19,25-31H,1,6,10,13-17,20-21H2,2-4H3,(H,38,43,46)(H,39,44,47)/t25-,26?,27+,28+,29?,30?,31?,56?/m0/s1. The van der Waals surface area contributed by atoms with Crippen LogP contribution in [0.25, 0.3) is 0 Å². The van der Waals surface area contributed by atoms with E-state index in [0.29, 0.717) is 30.5 Å². The van der Waals surface area contributed by atoms with Crippen molar-refractivity contribution in [1.29, 1.82) is 0 Å². The highest BCUT2D eigenvalue weighted by Crippen LogP contribution is 2.54. The summed E-state index contributed by atoms with van der Waals surface area (Å²) in [7, 11) is 0. The Morgan fingerprint density at radius 1 is 0.912 bits per heavy atom. The van der Waals surface area contributed by atoms with Gasteiger partial charge in [-0.15, -0.1) is 0 Å². The number of H-pyrrole nitrogens is 2. The van der Waals surface area contributed by atoms with E-state index in [-0.39, 0.29) is 50.2 Å². The maximum absolute atomic E-state index is 13.5. The minimum atomic E-state index is -3.80. The van der Waals surface area contributed by atoms with E-state index in [4.69, 9.17) is 44.3 Å². The van der Waals surface area contributed by atoms with E-state index >= 15 is 0 Å². The first-order valence-corrected chi connectivity index (χ1v) is 21.2. The van der Waals surface area contributed by atoms with Crippen molar-refractivity contribution in [1.82, 2.24) is 24.0 Å². The Bertz CT molecular complexity index is 2230. The first-order valence-electron chi connectivity index (χ1n) is 18.6. The Balaban J connectivity index is 1.25. The van der Waals surface area contributed by atoms with Crippen LogP contribution >= 0.6 is 6.72 Å². The van der Waals surface area contributed by atoms with Gasteiger partial charge in [-0.25, -0.2) is 14.4 Å². The summed E-state index contributed by atoms with van der Waals surface area (Å²) in [5.74, 6) is -0.155. The molecule has 0 bridgehead atoms. The molecule has 3 fully saturated rings. The lowest BCUT2D eigenvalue weighted by molar-refractivity contribution is -0.0584. The molecule has 5 unspecified atom stereocenters. The van der Waals surface area contributed by atoms with Crippen LogP contribution in [-0.2, 0) is 44.3 Å². The van der Waals surface area contributed by atoms with Crippen molar-refractivity contribution in [3.05, 3.63) is 114 Å². The quantitative estimate of drug-likeness (QED) is 0.128. The number of nitrogens with one attached hydrogen (secondary N) is 2. The maximum atomic E-state index is 13.5. The van der Waals surface area contributed by atoms with Gasteiger partial charge in [-0.1, -0.05) is 37.8 Å². The number of ether oxygens (including phenoxy) is 4. The van der Waals surface area contributed by atoms with Crippen molar-refractivity contribution < 1.29 is 42.1 Å². The Labute approximate surface area is 331 Å². The fourth-order valence-corrected chi connectivity index (χ4v) is 9.13. The monoisotopic (exact) mass is 831 g/mol. The lowest BCUT2D eigenvalue weighted by atomic mass is 10.1. The van der Waals surface area contributed by atoms with Crippen LogP contribution in [0.2, 0.25) is 0 Å². The van der Waals surface area contributed by atoms with Gasteiger partial charge < -0.3 is 37.4 Å². The Hall–Kier alpha value is -4.49. The predicted octanol–water partition coefficient (Wildman–Crippen LogP) is 3.34. The highest BCUT2D eigenvalue weighted by Gasteiger charge is 2.44. The molecule has 308 valence electrons. The molecule has 3 aromatic rings. The second kappa shape index (κ2) is 18.4. The van der Waals surface area contributed by atoms with Crippen molar-refractivity contribution in [2.75, 3.05) is 26.4 Å². The van der Waals surface area contributed by atoms with Crippen molar-refractivity contribution in [2.45, 2.75) is 95.8 Å². The van der Waals surface area contributed by atoms with Gasteiger partial charge in [-0.05, 0) is 57.0 Å². The third-order valence-corrected chi connectivity index (χ3v) is 12.3. The van der Waals surface area contributed by atoms with Crippen molar-refractivity contribution in [3.63, 3.8) is 0 Å². The Morgan fingerprint density at radius 3 is 2.12 bits per heavy atom. The first kappa shape index (κ1) is 42.1. The summed E-state index contributed by atoms with van der Waals surface area (Å²) in [4.78, 5) is 82.1. The molecule has 0 spiro atoms. The summed E-state index contributed by atoms with van der Waals surface area (Å²) in [6.07, 6.45) is -0.0447. The molecule has 8 atom stereocenters. The molecule has 3 saturated heterocycles. The summed E-state index contributed by atoms with van der Waals surface area (Å²) in [5, 5.41) is 0. The zero-order chi connectivity index (χ0) is 40.9. The number of aromatic nitrogens is 4. The molecule has 3 aliphatic heterocycles. The maximum Gasteiger partial charge on any atom is 0.508 e. The van der Waals surface area contributed by atoms with Gasteiger partial charge in [0.2, 0.25) is 0 Å². The van der Waals surface area contributed by atoms with Gasteiger partial charge in [0.1, 0.15) is 31.3 Å². The van der Waals surface area contributed by atoms with E-state index in [0.717, 1.165) is 6.42 Å². The highest BCUT2D eigenvalue weighted by atomic mass is 32.5. The molecule has 2 N–H and O–H groups in total. The van der Waals surface area contributed by atoms with Gasteiger partial charge in [0, 0.05) is 48.5 Å². The number of benzene rings is 1. The number of aromatic amines is 2. The molecule has 1 amide bonds. The van der Waals surface area contributed by atoms with Gasteiger partial charge in [-0.2, -0.15) is 0 Å². The summed E-state index contributed by atoms with van der Waals surface area (Å²) >= 11 is 6.06. The fourth-order valence-electron chi connectivity index (χ4n) is 7.00. The van der Waals surface area contributed by atoms with Crippen LogP contribution in [0.5, 0.6) is 0 Å². The summed E-state index contributed by atoms with van der Waals surface area (Å²) < 4.78 is 44.8. The zero-order valence-electron chi connectivity index (χ0n) is 31.7. The Morgan fingerprint density at radius 2 is 1.51 bits per heavy atom. The number of hydrogen-bond donors (Lipinski definition) is 2. The van der Waals surface area contributed by atoms with Crippen LogP contribution in [0.3, 0.4) is 0 Å². The lowest BCUT2D eigenvalue weighted by Crippen LogP contribution is -2.38. The van der Waals surface area contributed by atoms with Gasteiger partial charge in [0.05, 0.1) is 31.5 Å². The number of nitrogens with zero attached hydrogens (tertiary/aromatic N) is 3. The zero-order valence-corrected chi connectivity index (χ0v) is 33.4. The average Bonchev–Trinajstić information content (AvgIpc) is 3.94. The third kappa shape index (κ3) is 9.97. The van der Waals surface area contributed by atoms with Crippen LogP contribution in [0, 0.1) is 13.8 Å². The second-order valence-corrected chi connectivity index (χ2v) is 16.9. The summed E-state index contributed by atoms with van der Waals surface area (Å²) in [5.41, 5.74) is -1.33. The fraction of sp³-hybridized carbons (Fsp3) is 0.514. The molecule has 0 saturated carbocycles. The van der Waals surface area contributed by atoms with Crippen LogP contribution in [0.15, 0.2) is 74.6 Å². The SMILES string of the molecule is C=CCOC(=O)O[C@@H]1CC(n2cc(C)c(=O)[nH]c2=O)OC1COP(=S)(OC[C@@H]1CCCN1C(=O)c1ccccc1)O[C@@H]1CC(n2cc(C)c(=O)[nH]c2=O)OC1CC. The van der Waals surface area contributed by atoms with E-state index in [2.05, 4.69) is 16.5 Å². The van der Waals surface area contributed by atoms with E-state index in [9.17, 15) is 28.8 Å². The molecule has 2 aromatic heterocycles. The molecule has 20 heteroatoms. The van der Waals surface area contributed by atoms with Crippen molar-refractivity contribution in [3.8, 4) is 0 Å². The average molecular weight is 832 g/mol. The number of rotatable bonds is 15. The third-order valence-electron chi connectivity index (χ3n) is 9.99. The number of aryl methyl sites for hydroxylation is 2. The number of hydrogen-bond acceptors (Lipinski definition) is 14. The molecule has 0 radical (unpaired) electrons. The molecule has 57 heavy (non-hydrogen) atoms. The van der Waals surface area contributed by atoms with Gasteiger partial charge in [-0.3, -0.25) is 33.5 Å². The van der Waals surface area contributed by atoms with Gasteiger partial charge in [0.25, 0.3) is 17.0 Å². The molecule has 18 nitrogen and oxygen atoms in total. The molecular weight excluding hydrogens is 785 g/mol. The van der Waals surface area contributed by atoms with Gasteiger partial charge in [0.15, 0.2) is 0 Å². The van der Waals surface area contributed by atoms with Crippen molar-refractivity contribution in [2.24, 2.45) is 0 Å². The number of carbonyl (C=O) groups is 2. The molecule has 5 heterocycles. The normalized spacial score (nSPS) is 25.6. The van der Waals surface area contributed by atoms with Crippen LogP contribution < -0.4 is 22.5 Å². The number of carbonyl (C=O) groups excluding carboxylic acids is 2. The highest BCUT2D eigenvalue weighted by molar-refractivity contribution is 8.07. The number of likely N-dealkylation sites (tertiary alicyclic amines) is 1. The second-order valence-electron chi connectivity index (χ2n) is 13.9. The van der Waals surface area contributed by atoms with Crippen LogP contribution in [0.1, 0.15) is 73.0 Å². The summed E-state index contributed by atoms with van der Waals surface area (Å²) in [6.45, 7) is 4.74. The molecule has 0 aliphatic carbocycles. The van der Waals surface area contributed by atoms with E-state index in [1.54, 1.807) is 36.1 Å². The van der Waals surface area contributed by atoms with Gasteiger partial charge >= 0.3 is 24.3 Å². The predicted molar refractivity (Wildman–Crippen MR) is 207 cm³/mol. The molecular formula is C37H46N5O13PS. The minimum absolute atomic E-state index is 0.0186. The van der Waals surface area contributed by atoms with E-state index in [1.807, 2.05) is 13.0 Å². The van der Waals surface area contributed by atoms with E-state index in [1.165, 1.54) is 34.5 Å². The van der Waals surface area contributed by atoms with E-state index < -0.39 is 72.2 Å². The largest absolute Gasteiger partial charge is 0.508 e. The topological polar surface area (TPSA) is 212 Å². The molecule has 1 aromatic carbocycles. The Kier molecular flexibility index (Phi) is 13.6. The minimum Gasteiger partial charge on any atom is -0.430 e. The lowest BCUT2D eigenvalue weighted by Gasteiger charge is -2.31. The smallest absolute Gasteiger partial charge is 0.430 e. The summed E-state index contributed by atoms with van der Waals surface area (Å²) in [6, 6.07) is 8.55. The van der Waals surface area contributed by atoms with Crippen LogP contribution in [0.4, 0.5) is 4.79 Å². The first-order chi connectivity index (χ1) is 27.3. The van der Waals surface area contributed by atoms with Crippen molar-refractivity contribution >= 4 is 30.6 Å².